The highest BCUT2D eigenvalue weighted by atomic mass is 32.1. The number of thiazole rings is 1. The van der Waals surface area contributed by atoms with Crippen molar-refractivity contribution in [3.8, 4) is 10.6 Å². The van der Waals surface area contributed by atoms with Crippen LogP contribution in [0.15, 0.2) is 29.6 Å². The molecule has 2 N–H and O–H groups in total. The quantitative estimate of drug-likeness (QED) is 0.816. The van der Waals surface area contributed by atoms with E-state index in [1.165, 1.54) is 29.6 Å². The molecular formula is C17H18N2O3S. The molecule has 23 heavy (non-hydrogen) atoms. The molecule has 5 nitrogen and oxygen atoms in total. The average Bonchev–Trinajstić information content (AvgIpc) is 3.24. The summed E-state index contributed by atoms with van der Waals surface area (Å²) in [5.41, 5.74) is 1.91. The van der Waals surface area contributed by atoms with Crippen molar-refractivity contribution in [3.63, 3.8) is 0 Å². The standard InChI is InChI=1S/C17H18N2O3S/c20-15(7-6-11-4-5-11)18-9-12-2-1-3-13(8-12)16-19-14(10-23-16)17(21)22/h1-3,8,10-11H,4-7,9H2,(H,18,20)(H,21,22). The number of hydrogen-bond acceptors (Lipinski definition) is 4. The van der Waals surface area contributed by atoms with Crippen LogP contribution in [0, 0.1) is 5.92 Å². The van der Waals surface area contributed by atoms with E-state index in [-0.39, 0.29) is 11.6 Å². The Morgan fingerprint density at radius 3 is 2.87 bits per heavy atom. The summed E-state index contributed by atoms with van der Waals surface area (Å²) in [4.78, 5) is 26.8. The van der Waals surface area contributed by atoms with Gasteiger partial charge in [-0.25, -0.2) is 9.78 Å². The highest BCUT2D eigenvalue weighted by Crippen LogP contribution is 2.33. The van der Waals surface area contributed by atoms with Gasteiger partial charge in [0, 0.05) is 23.9 Å². The lowest BCUT2D eigenvalue weighted by atomic mass is 10.1. The highest BCUT2D eigenvalue weighted by molar-refractivity contribution is 7.13. The topological polar surface area (TPSA) is 79.3 Å². The molecule has 1 aromatic heterocycles. The lowest BCUT2D eigenvalue weighted by Gasteiger charge is -2.06. The molecule has 0 bridgehead atoms. The predicted octanol–water partition coefficient (Wildman–Crippen LogP) is 3.31. The lowest BCUT2D eigenvalue weighted by molar-refractivity contribution is -0.121. The molecule has 1 amide bonds. The van der Waals surface area contributed by atoms with Crippen LogP contribution in [0.3, 0.4) is 0 Å². The molecule has 0 spiro atoms. The minimum absolute atomic E-state index is 0.0591. The maximum Gasteiger partial charge on any atom is 0.355 e. The number of nitrogens with zero attached hydrogens (tertiary/aromatic N) is 1. The molecular weight excluding hydrogens is 312 g/mol. The van der Waals surface area contributed by atoms with E-state index in [1.54, 1.807) is 0 Å². The predicted molar refractivity (Wildman–Crippen MR) is 88.3 cm³/mol. The first-order valence-electron chi connectivity index (χ1n) is 7.66. The highest BCUT2D eigenvalue weighted by Gasteiger charge is 2.21. The summed E-state index contributed by atoms with van der Waals surface area (Å²) in [6, 6.07) is 7.66. The number of aromatic nitrogens is 1. The Kier molecular flexibility index (Phi) is 4.71. The summed E-state index contributed by atoms with van der Waals surface area (Å²) in [5.74, 6) is -0.172. The number of aromatic carboxylic acids is 1. The van der Waals surface area contributed by atoms with Crippen LogP contribution in [0.1, 0.15) is 41.7 Å². The van der Waals surface area contributed by atoms with Gasteiger partial charge in [0.1, 0.15) is 5.01 Å². The van der Waals surface area contributed by atoms with E-state index in [4.69, 9.17) is 5.11 Å². The third kappa shape index (κ3) is 4.39. The van der Waals surface area contributed by atoms with Gasteiger partial charge >= 0.3 is 5.97 Å². The first-order valence-corrected chi connectivity index (χ1v) is 8.54. The number of nitrogens with one attached hydrogen (secondary N) is 1. The second-order valence-electron chi connectivity index (χ2n) is 5.80. The summed E-state index contributed by atoms with van der Waals surface area (Å²) in [7, 11) is 0. The number of benzene rings is 1. The number of carbonyl (C=O) groups is 2. The smallest absolute Gasteiger partial charge is 0.355 e. The van der Waals surface area contributed by atoms with Gasteiger partial charge in [0.15, 0.2) is 5.69 Å². The summed E-state index contributed by atoms with van der Waals surface area (Å²) in [6.07, 6.45) is 4.12. The minimum Gasteiger partial charge on any atom is -0.476 e. The van der Waals surface area contributed by atoms with E-state index in [9.17, 15) is 9.59 Å². The second kappa shape index (κ2) is 6.91. The van der Waals surface area contributed by atoms with Crippen LogP contribution < -0.4 is 5.32 Å². The van der Waals surface area contributed by atoms with Crippen molar-refractivity contribution in [2.24, 2.45) is 5.92 Å². The fourth-order valence-corrected chi connectivity index (χ4v) is 3.14. The molecule has 1 aliphatic rings. The zero-order chi connectivity index (χ0) is 16.2. The molecule has 0 radical (unpaired) electrons. The number of amides is 1. The summed E-state index contributed by atoms with van der Waals surface area (Å²) in [6.45, 7) is 0.481. The number of carboxylic acids is 1. The molecule has 0 atom stereocenters. The maximum absolute atomic E-state index is 11.8. The van der Waals surface area contributed by atoms with Crippen molar-refractivity contribution in [3.05, 3.63) is 40.9 Å². The number of hydrogen-bond donors (Lipinski definition) is 2. The number of carboxylic acid groups (broad SMARTS) is 1. The SMILES string of the molecule is O=C(CCC1CC1)NCc1cccc(-c2nc(C(=O)O)cs2)c1. The molecule has 1 aliphatic carbocycles. The Morgan fingerprint density at radius 1 is 1.35 bits per heavy atom. The van der Waals surface area contributed by atoms with Crippen LogP contribution in [0.2, 0.25) is 0 Å². The molecule has 2 aromatic rings. The van der Waals surface area contributed by atoms with E-state index < -0.39 is 5.97 Å². The Morgan fingerprint density at radius 2 is 2.17 bits per heavy atom. The van der Waals surface area contributed by atoms with Crippen LogP contribution in [0.25, 0.3) is 10.6 Å². The van der Waals surface area contributed by atoms with Gasteiger partial charge in [0.2, 0.25) is 5.91 Å². The molecule has 3 rings (SSSR count). The van der Waals surface area contributed by atoms with Crippen LogP contribution in [0.4, 0.5) is 0 Å². The van der Waals surface area contributed by atoms with E-state index in [0.29, 0.717) is 18.0 Å². The van der Waals surface area contributed by atoms with Crippen LogP contribution in [-0.4, -0.2) is 22.0 Å². The average molecular weight is 330 g/mol. The number of rotatable bonds is 7. The van der Waals surface area contributed by atoms with Crippen LogP contribution in [0.5, 0.6) is 0 Å². The van der Waals surface area contributed by atoms with E-state index >= 15 is 0 Å². The maximum atomic E-state index is 11.8. The molecule has 120 valence electrons. The molecule has 0 saturated heterocycles. The van der Waals surface area contributed by atoms with Gasteiger partial charge < -0.3 is 10.4 Å². The summed E-state index contributed by atoms with van der Waals surface area (Å²) < 4.78 is 0. The van der Waals surface area contributed by atoms with Gasteiger partial charge in [0.05, 0.1) is 0 Å². The summed E-state index contributed by atoms with van der Waals surface area (Å²) >= 11 is 1.30. The third-order valence-corrected chi connectivity index (χ3v) is 4.75. The molecule has 1 heterocycles. The van der Waals surface area contributed by atoms with Crippen molar-refractivity contribution in [1.29, 1.82) is 0 Å². The Hall–Kier alpha value is -2.21. The fraction of sp³-hybridized carbons (Fsp3) is 0.353. The normalized spacial score (nSPS) is 13.7. The minimum atomic E-state index is -1.02. The molecule has 0 unspecified atom stereocenters. The fourth-order valence-electron chi connectivity index (χ4n) is 2.35. The molecule has 6 heteroatoms. The van der Waals surface area contributed by atoms with Crippen LogP contribution >= 0.6 is 11.3 Å². The van der Waals surface area contributed by atoms with Gasteiger partial charge in [-0.3, -0.25) is 4.79 Å². The van der Waals surface area contributed by atoms with Gasteiger partial charge in [-0.15, -0.1) is 11.3 Å². The van der Waals surface area contributed by atoms with Crippen molar-refractivity contribution >= 4 is 23.2 Å². The molecule has 1 saturated carbocycles. The molecule has 1 fully saturated rings. The Labute approximate surface area is 138 Å². The number of carbonyl (C=O) groups excluding carboxylic acids is 1. The first kappa shape index (κ1) is 15.7. The van der Waals surface area contributed by atoms with Crippen molar-refractivity contribution in [2.45, 2.75) is 32.2 Å². The Bertz CT molecular complexity index is 722. The zero-order valence-corrected chi connectivity index (χ0v) is 13.4. The Balaban J connectivity index is 1.59. The lowest BCUT2D eigenvalue weighted by Crippen LogP contribution is -2.22. The monoisotopic (exact) mass is 330 g/mol. The first-order chi connectivity index (χ1) is 11.1. The van der Waals surface area contributed by atoms with Crippen molar-refractivity contribution < 1.29 is 14.7 Å². The van der Waals surface area contributed by atoms with Gasteiger partial charge in [0.25, 0.3) is 0 Å². The molecule has 0 aliphatic heterocycles. The third-order valence-electron chi connectivity index (χ3n) is 3.86. The van der Waals surface area contributed by atoms with Crippen molar-refractivity contribution in [2.75, 3.05) is 0 Å². The van der Waals surface area contributed by atoms with E-state index in [1.807, 2.05) is 24.3 Å². The van der Waals surface area contributed by atoms with Crippen molar-refractivity contribution in [1.82, 2.24) is 10.3 Å². The van der Waals surface area contributed by atoms with Crippen LogP contribution in [-0.2, 0) is 11.3 Å². The largest absolute Gasteiger partial charge is 0.476 e. The molecule has 1 aromatic carbocycles. The second-order valence-corrected chi connectivity index (χ2v) is 6.66. The van der Waals surface area contributed by atoms with Gasteiger partial charge in [-0.1, -0.05) is 31.0 Å². The van der Waals surface area contributed by atoms with Gasteiger partial charge in [-0.05, 0) is 24.0 Å². The van der Waals surface area contributed by atoms with E-state index in [0.717, 1.165) is 23.5 Å². The van der Waals surface area contributed by atoms with E-state index in [2.05, 4.69) is 10.3 Å². The zero-order valence-electron chi connectivity index (χ0n) is 12.6. The summed E-state index contributed by atoms with van der Waals surface area (Å²) in [5, 5.41) is 14.1. The van der Waals surface area contributed by atoms with Gasteiger partial charge in [-0.2, -0.15) is 0 Å².